The van der Waals surface area contributed by atoms with Crippen LogP contribution >= 0.6 is 39.9 Å². The maximum atomic E-state index is 13.2. The molecule has 9 heteroatoms. The van der Waals surface area contributed by atoms with Crippen LogP contribution in [-0.2, 0) is 9.36 Å². The molecule has 6 nitrogen and oxygen atoms in total. The van der Waals surface area contributed by atoms with Gasteiger partial charge in [0.15, 0.2) is 17.5 Å². The molecule has 2 unspecified atom stereocenters. The third-order valence-corrected chi connectivity index (χ3v) is 6.98. The summed E-state index contributed by atoms with van der Waals surface area (Å²) in [6.07, 6.45) is 1.22. The van der Waals surface area contributed by atoms with E-state index in [2.05, 4.69) is 37.2 Å². The quantitative estimate of drug-likeness (QED) is 0.258. The first-order valence-electron chi connectivity index (χ1n) is 9.25. The van der Waals surface area contributed by atoms with Gasteiger partial charge in [-0.2, -0.15) is 4.89 Å². The minimum atomic E-state index is -2.56. The average molecular weight is 566 g/mol. The van der Waals surface area contributed by atoms with Crippen LogP contribution in [0.2, 0.25) is 0 Å². The number of ether oxygens (including phenoxy) is 1. The molecule has 0 aliphatic rings. The molecule has 4 rings (SSSR count). The second-order valence-electron chi connectivity index (χ2n) is 6.91. The van der Waals surface area contributed by atoms with E-state index in [1.807, 2.05) is 42.5 Å². The molecule has 0 saturated heterocycles. The Morgan fingerprint density at radius 3 is 2.65 bits per heavy atom. The number of halogens is 2. The van der Waals surface area contributed by atoms with Crippen LogP contribution in [0.25, 0.3) is 21.7 Å². The van der Waals surface area contributed by atoms with Gasteiger partial charge in [0.2, 0.25) is 5.91 Å². The molecule has 0 spiro atoms. The summed E-state index contributed by atoms with van der Waals surface area (Å²) in [5.74, 6) is -0.717. The molecule has 0 aliphatic carbocycles. The van der Waals surface area contributed by atoms with Crippen molar-refractivity contribution in [1.82, 2.24) is 0 Å². The third-order valence-electron chi connectivity index (χ3n) is 5.00. The molecule has 1 aromatic heterocycles. The lowest BCUT2D eigenvalue weighted by molar-refractivity contribution is -0.117. The van der Waals surface area contributed by atoms with Crippen LogP contribution in [0.1, 0.15) is 11.5 Å². The first kappa shape index (κ1) is 22.0. The van der Waals surface area contributed by atoms with Gasteiger partial charge in [-0.15, -0.1) is 0 Å². The van der Waals surface area contributed by atoms with Gasteiger partial charge in [0.1, 0.15) is 10.4 Å². The zero-order chi connectivity index (χ0) is 22.1. The third kappa shape index (κ3) is 4.39. The van der Waals surface area contributed by atoms with Gasteiger partial charge < -0.3 is 14.5 Å². The number of nitrogens with one attached hydrogen (secondary N) is 1. The highest BCUT2D eigenvalue weighted by Gasteiger charge is 2.33. The van der Waals surface area contributed by atoms with Gasteiger partial charge in [0, 0.05) is 16.6 Å². The van der Waals surface area contributed by atoms with E-state index in [4.69, 9.17) is 9.15 Å². The van der Waals surface area contributed by atoms with Crippen LogP contribution in [0.3, 0.4) is 0 Å². The van der Waals surface area contributed by atoms with E-state index >= 15 is 0 Å². The van der Waals surface area contributed by atoms with Gasteiger partial charge in [0.25, 0.3) is 0 Å². The highest BCUT2D eigenvalue weighted by Crippen LogP contribution is 2.43. The zero-order valence-corrected chi connectivity index (χ0v) is 20.3. The molecule has 0 aliphatic heterocycles. The Morgan fingerprint density at radius 2 is 1.94 bits per heavy atom. The Labute approximate surface area is 195 Å². The van der Waals surface area contributed by atoms with E-state index < -0.39 is 19.9 Å². The van der Waals surface area contributed by atoms with Crippen LogP contribution in [-0.4, -0.2) is 24.1 Å². The number of carbonyl (C=O) groups excluding carboxylic acids is 1. The summed E-state index contributed by atoms with van der Waals surface area (Å²) < 4.78 is 24.0. The van der Waals surface area contributed by atoms with Crippen LogP contribution in [0.4, 0.5) is 5.69 Å². The van der Waals surface area contributed by atoms with Crippen LogP contribution in [0, 0.1) is 0 Å². The minimum Gasteiger partial charge on any atom is -0.494 e. The minimum absolute atomic E-state index is 0.231. The lowest BCUT2D eigenvalue weighted by Crippen LogP contribution is -2.23. The van der Waals surface area contributed by atoms with Crippen LogP contribution < -0.4 is 10.1 Å². The van der Waals surface area contributed by atoms with Gasteiger partial charge >= 0.3 is 8.03 Å². The molecule has 158 valence electrons. The molecule has 0 bridgehead atoms. The topological polar surface area (TPSA) is 88.8 Å². The second kappa shape index (κ2) is 9.09. The molecular formula is C22H17Br2NO5P+. The molecule has 2 atom stereocenters. The van der Waals surface area contributed by atoms with Crippen molar-refractivity contribution in [2.75, 3.05) is 18.6 Å². The fourth-order valence-electron chi connectivity index (χ4n) is 3.53. The van der Waals surface area contributed by atoms with E-state index in [1.165, 1.54) is 13.4 Å². The number of fused-ring (bicyclic) bond motifs is 2. The van der Waals surface area contributed by atoms with Crippen molar-refractivity contribution in [3.8, 4) is 5.75 Å². The van der Waals surface area contributed by atoms with Crippen LogP contribution in [0.5, 0.6) is 5.75 Å². The Balaban J connectivity index is 1.73. The Hall–Kier alpha value is -2.25. The number of hydrogen-bond acceptors (Lipinski definition) is 4. The molecule has 1 amide bonds. The van der Waals surface area contributed by atoms with E-state index in [0.29, 0.717) is 36.9 Å². The van der Waals surface area contributed by atoms with Crippen molar-refractivity contribution >= 4 is 73.2 Å². The van der Waals surface area contributed by atoms with Crippen molar-refractivity contribution in [2.24, 2.45) is 0 Å². The van der Waals surface area contributed by atoms with Crippen LogP contribution in [0.15, 0.2) is 68.2 Å². The monoisotopic (exact) mass is 564 g/mol. The maximum absolute atomic E-state index is 13.2. The van der Waals surface area contributed by atoms with Gasteiger partial charge in [-0.1, -0.05) is 30.3 Å². The number of methoxy groups -OCH3 is 1. The fraction of sp³-hybridized carbons (Fsp3) is 0.136. The maximum Gasteiger partial charge on any atom is 0.506 e. The summed E-state index contributed by atoms with van der Waals surface area (Å²) in [7, 11) is -1.02. The van der Waals surface area contributed by atoms with Gasteiger partial charge in [-0.05, 0) is 65.4 Å². The number of amides is 1. The summed E-state index contributed by atoms with van der Waals surface area (Å²) in [6.45, 7) is 0. The molecule has 1 heterocycles. The zero-order valence-electron chi connectivity index (χ0n) is 16.3. The number of anilines is 1. The van der Waals surface area contributed by atoms with E-state index in [0.717, 1.165) is 10.8 Å². The first-order chi connectivity index (χ1) is 14.9. The summed E-state index contributed by atoms with van der Waals surface area (Å²) in [6, 6.07) is 15.2. The normalized spacial score (nSPS) is 12.7. The number of furan rings is 1. The molecule has 31 heavy (non-hydrogen) atoms. The van der Waals surface area contributed by atoms with Crippen molar-refractivity contribution in [3.05, 3.63) is 69.3 Å². The number of benzene rings is 3. The van der Waals surface area contributed by atoms with Gasteiger partial charge in [-0.3, -0.25) is 4.79 Å². The Kier molecular flexibility index (Phi) is 6.44. The predicted molar refractivity (Wildman–Crippen MR) is 128 cm³/mol. The second-order valence-corrected chi connectivity index (χ2v) is 9.63. The van der Waals surface area contributed by atoms with E-state index in [1.54, 1.807) is 6.07 Å². The molecule has 2 N–H and O–H groups in total. The summed E-state index contributed by atoms with van der Waals surface area (Å²) in [5, 5.41) is 5.56. The molecular weight excluding hydrogens is 549 g/mol. The van der Waals surface area contributed by atoms with Crippen molar-refractivity contribution in [3.63, 3.8) is 0 Å². The highest BCUT2D eigenvalue weighted by molar-refractivity contribution is 9.11. The Morgan fingerprint density at radius 1 is 1.19 bits per heavy atom. The SMILES string of the molecule is COc1c(Br)cc2c(C(C[P+](=O)O)C(=O)Nc3ccc4ccccc4c3)coc2c1Br. The largest absolute Gasteiger partial charge is 0.506 e. The molecule has 0 radical (unpaired) electrons. The van der Waals surface area contributed by atoms with Crippen molar-refractivity contribution in [2.45, 2.75) is 5.92 Å². The Bertz CT molecular complexity index is 1320. The standard InChI is InChI=1S/C22H16Br2NO5P/c1-29-21-18(23)9-15-16(10-30-20(15)19(21)24)17(11-31(27)28)22(26)25-14-7-6-12-4-2-3-5-13(12)8-14/h2-10,17H,11H2,1H3,(H-,25,26,27,28)/p+1. The molecule has 3 aromatic carbocycles. The average Bonchev–Trinajstić information content (AvgIpc) is 3.15. The van der Waals surface area contributed by atoms with E-state index in [-0.39, 0.29) is 6.16 Å². The first-order valence-corrected chi connectivity index (χ1v) is 12.2. The lowest BCUT2D eigenvalue weighted by atomic mass is 9.99. The highest BCUT2D eigenvalue weighted by atomic mass is 79.9. The van der Waals surface area contributed by atoms with Gasteiger partial charge in [0.05, 0.1) is 17.8 Å². The van der Waals surface area contributed by atoms with Crippen molar-refractivity contribution in [1.29, 1.82) is 0 Å². The smallest absolute Gasteiger partial charge is 0.494 e. The summed E-state index contributed by atoms with van der Waals surface area (Å²) in [5.41, 5.74) is 1.63. The summed E-state index contributed by atoms with van der Waals surface area (Å²) in [4.78, 5) is 22.8. The van der Waals surface area contributed by atoms with Crippen molar-refractivity contribution < 1.29 is 23.4 Å². The molecule has 0 fully saturated rings. The molecule has 0 saturated carbocycles. The predicted octanol–water partition coefficient (Wildman–Crippen LogP) is 6.58. The van der Waals surface area contributed by atoms with E-state index in [9.17, 15) is 14.3 Å². The number of carbonyl (C=O) groups is 1. The molecule has 4 aromatic rings. The number of rotatable bonds is 6. The lowest BCUT2D eigenvalue weighted by Gasteiger charge is -2.13. The number of hydrogen-bond donors (Lipinski definition) is 2. The fourth-order valence-corrected chi connectivity index (χ4v) is 5.74. The van der Waals surface area contributed by atoms with Gasteiger partial charge in [-0.25, -0.2) is 0 Å². The summed E-state index contributed by atoms with van der Waals surface area (Å²) >= 11 is 6.92.